The molecule has 8 nitrogen and oxygen atoms in total. The molecule has 0 radical (unpaired) electrons. The van der Waals surface area contributed by atoms with E-state index >= 15 is 0 Å². The number of aromatic amines is 1. The molecule has 0 spiro atoms. The van der Waals surface area contributed by atoms with Gasteiger partial charge in [-0.25, -0.2) is 4.79 Å². The Morgan fingerprint density at radius 3 is 2.83 bits per heavy atom. The van der Waals surface area contributed by atoms with E-state index in [2.05, 4.69) is 5.32 Å². The van der Waals surface area contributed by atoms with Crippen molar-refractivity contribution >= 4 is 23.2 Å². The number of esters is 1. The van der Waals surface area contributed by atoms with Crippen LogP contribution in [0.1, 0.15) is 4.88 Å². The molecule has 0 fully saturated rings. The average Bonchev–Trinajstić information content (AvgIpc) is 3.01. The lowest BCUT2D eigenvalue weighted by molar-refractivity contribution is -0.149. The third-order valence-electron chi connectivity index (χ3n) is 2.83. The zero-order chi connectivity index (χ0) is 16.7. The Hall–Kier alpha value is -2.68. The Bertz CT molecular complexity index is 778. The third kappa shape index (κ3) is 5.55. The lowest BCUT2D eigenvalue weighted by atomic mass is 10.3. The van der Waals surface area contributed by atoms with E-state index in [9.17, 15) is 19.2 Å². The summed E-state index contributed by atoms with van der Waals surface area (Å²) in [6, 6.07) is 5.02. The van der Waals surface area contributed by atoms with Crippen LogP contribution in [0.3, 0.4) is 0 Å². The van der Waals surface area contributed by atoms with Gasteiger partial charge < -0.3 is 10.1 Å². The maximum Gasteiger partial charge on any atom is 0.328 e. The van der Waals surface area contributed by atoms with Crippen LogP contribution < -0.4 is 16.6 Å². The van der Waals surface area contributed by atoms with E-state index in [0.29, 0.717) is 13.0 Å². The Morgan fingerprint density at radius 2 is 2.13 bits per heavy atom. The van der Waals surface area contributed by atoms with Crippen LogP contribution in [0.4, 0.5) is 0 Å². The Morgan fingerprint density at radius 1 is 1.30 bits per heavy atom. The molecule has 9 heteroatoms. The van der Waals surface area contributed by atoms with Crippen molar-refractivity contribution in [3.63, 3.8) is 0 Å². The zero-order valence-electron chi connectivity index (χ0n) is 12.1. The number of thiophene rings is 1. The van der Waals surface area contributed by atoms with Crippen molar-refractivity contribution < 1.29 is 14.3 Å². The van der Waals surface area contributed by atoms with Crippen LogP contribution in [0.15, 0.2) is 39.4 Å². The molecule has 2 aromatic rings. The summed E-state index contributed by atoms with van der Waals surface area (Å²) in [6.07, 6.45) is 1.90. The summed E-state index contributed by atoms with van der Waals surface area (Å²) in [5.41, 5.74) is -1.26. The van der Waals surface area contributed by atoms with Crippen molar-refractivity contribution in [2.45, 2.75) is 13.0 Å². The largest absolute Gasteiger partial charge is 0.454 e. The van der Waals surface area contributed by atoms with Gasteiger partial charge >= 0.3 is 11.7 Å². The SMILES string of the molecule is O=C(COC(=O)Cn1ccc(=O)[nH]c1=O)NCCc1cccs1. The smallest absolute Gasteiger partial charge is 0.328 e. The predicted molar refractivity (Wildman–Crippen MR) is 83.3 cm³/mol. The number of ether oxygens (including phenoxy) is 1. The van der Waals surface area contributed by atoms with Crippen molar-refractivity contribution in [3.05, 3.63) is 55.5 Å². The van der Waals surface area contributed by atoms with Gasteiger partial charge in [-0.3, -0.25) is 23.9 Å². The van der Waals surface area contributed by atoms with Crippen LogP contribution in [0.5, 0.6) is 0 Å². The van der Waals surface area contributed by atoms with Gasteiger partial charge in [-0.15, -0.1) is 11.3 Å². The lowest BCUT2D eigenvalue weighted by Crippen LogP contribution is -2.33. The van der Waals surface area contributed by atoms with Crippen molar-refractivity contribution in [2.75, 3.05) is 13.2 Å². The highest BCUT2D eigenvalue weighted by molar-refractivity contribution is 7.09. The molecule has 122 valence electrons. The first-order valence-electron chi connectivity index (χ1n) is 6.79. The fourth-order valence-corrected chi connectivity index (χ4v) is 2.44. The van der Waals surface area contributed by atoms with E-state index in [1.54, 1.807) is 11.3 Å². The molecule has 2 heterocycles. The van der Waals surface area contributed by atoms with E-state index in [1.165, 1.54) is 6.20 Å². The summed E-state index contributed by atoms with van der Waals surface area (Å²) in [5.74, 6) is -1.16. The lowest BCUT2D eigenvalue weighted by Gasteiger charge is -2.07. The van der Waals surface area contributed by atoms with Gasteiger partial charge in [0.2, 0.25) is 0 Å². The second-order valence-electron chi connectivity index (χ2n) is 4.58. The van der Waals surface area contributed by atoms with Crippen molar-refractivity contribution in [1.82, 2.24) is 14.9 Å². The molecule has 0 unspecified atom stereocenters. The van der Waals surface area contributed by atoms with Crippen molar-refractivity contribution in [2.24, 2.45) is 0 Å². The highest BCUT2D eigenvalue weighted by Gasteiger charge is 2.09. The molecule has 0 aliphatic rings. The zero-order valence-corrected chi connectivity index (χ0v) is 12.9. The number of hydrogen-bond donors (Lipinski definition) is 2. The number of aromatic nitrogens is 2. The number of nitrogens with one attached hydrogen (secondary N) is 2. The number of nitrogens with zero attached hydrogens (tertiary/aromatic N) is 1. The fraction of sp³-hybridized carbons (Fsp3) is 0.286. The van der Waals surface area contributed by atoms with E-state index in [-0.39, 0.29) is 6.54 Å². The standard InChI is InChI=1S/C14H15N3O5S/c18-11-4-6-17(14(21)16-11)8-13(20)22-9-12(19)15-5-3-10-2-1-7-23-10/h1-2,4,6-7H,3,5,8-9H2,(H,15,19)(H,16,18,21). The highest BCUT2D eigenvalue weighted by Crippen LogP contribution is 2.07. The normalized spacial score (nSPS) is 10.3. The first kappa shape index (κ1) is 16.7. The highest BCUT2D eigenvalue weighted by atomic mass is 32.1. The number of amides is 1. The summed E-state index contributed by atoms with van der Waals surface area (Å²) in [4.78, 5) is 48.6. The summed E-state index contributed by atoms with van der Waals surface area (Å²) in [5, 5.41) is 4.59. The summed E-state index contributed by atoms with van der Waals surface area (Å²) >= 11 is 1.60. The average molecular weight is 337 g/mol. The number of carbonyl (C=O) groups excluding carboxylic acids is 2. The second kappa shape index (κ2) is 8.08. The molecule has 0 aromatic carbocycles. The minimum atomic E-state index is -0.743. The monoisotopic (exact) mass is 337 g/mol. The van der Waals surface area contributed by atoms with Crippen LogP contribution in [-0.2, 0) is 27.3 Å². The molecule has 0 bridgehead atoms. The van der Waals surface area contributed by atoms with Crippen LogP contribution in [0.2, 0.25) is 0 Å². The van der Waals surface area contributed by atoms with Gasteiger partial charge in [0.1, 0.15) is 6.54 Å². The molecular weight excluding hydrogens is 322 g/mol. The number of carbonyl (C=O) groups is 2. The van der Waals surface area contributed by atoms with Crippen molar-refractivity contribution in [3.8, 4) is 0 Å². The van der Waals surface area contributed by atoms with Crippen LogP contribution in [0, 0.1) is 0 Å². The first-order valence-corrected chi connectivity index (χ1v) is 7.67. The maximum absolute atomic E-state index is 11.6. The molecule has 23 heavy (non-hydrogen) atoms. The van der Waals surface area contributed by atoms with Crippen LogP contribution >= 0.6 is 11.3 Å². The molecular formula is C14H15N3O5S. The van der Waals surface area contributed by atoms with Gasteiger partial charge in [0.05, 0.1) is 0 Å². The quantitative estimate of drug-likeness (QED) is 0.662. The first-order chi connectivity index (χ1) is 11.0. The molecule has 2 rings (SSSR count). The van der Waals surface area contributed by atoms with Gasteiger partial charge in [-0.2, -0.15) is 0 Å². The summed E-state index contributed by atoms with van der Waals surface area (Å²) < 4.78 is 5.77. The Labute approximate surface area is 134 Å². The van der Waals surface area contributed by atoms with Crippen LogP contribution in [-0.4, -0.2) is 34.6 Å². The van der Waals surface area contributed by atoms with Gasteiger partial charge in [-0.1, -0.05) is 6.07 Å². The molecule has 1 amide bonds. The molecule has 0 aliphatic carbocycles. The van der Waals surface area contributed by atoms with E-state index < -0.39 is 29.7 Å². The predicted octanol–water partition coefficient (Wildman–Crippen LogP) is -0.500. The molecule has 0 aliphatic heterocycles. The number of H-pyrrole nitrogens is 1. The summed E-state index contributed by atoms with van der Waals surface area (Å²) in [6.45, 7) is -0.338. The van der Waals surface area contributed by atoms with Gasteiger partial charge in [-0.05, 0) is 17.9 Å². The Balaban J connectivity index is 1.70. The molecule has 0 atom stereocenters. The van der Waals surface area contributed by atoms with Crippen molar-refractivity contribution in [1.29, 1.82) is 0 Å². The summed E-state index contributed by atoms with van der Waals surface area (Å²) in [7, 11) is 0. The van der Waals surface area contributed by atoms with E-state index in [4.69, 9.17) is 4.74 Å². The molecule has 0 saturated carbocycles. The third-order valence-corrected chi connectivity index (χ3v) is 3.77. The maximum atomic E-state index is 11.6. The van der Waals surface area contributed by atoms with Gasteiger partial charge in [0.15, 0.2) is 6.61 Å². The second-order valence-corrected chi connectivity index (χ2v) is 5.61. The molecule has 0 saturated heterocycles. The van der Waals surface area contributed by atoms with E-state index in [1.807, 2.05) is 22.5 Å². The minimum absolute atomic E-state index is 0.377. The number of rotatable bonds is 7. The molecule has 2 aromatic heterocycles. The van der Waals surface area contributed by atoms with Gasteiger partial charge in [0, 0.05) is 23.7 Å². The minimum Gasteiger partial charge on any atom is -0.454 e. The molecule has 2 N–H and O–H groups in total. The topological polar surface area (TPSA) is 110 Å². The fourth-order valence-electron chi connectivity index (χ4n) is 1.73. The van der Waals surface area contributed by atoms with E-state index in [0.717, 1.165) is 15.5 Å². The Kier molecular flexibility index (Phi) is 5.87. The van der Waals surface area contributed by atoms with Gasteiger partial charge in [0.25, 0.3) is 11.5 Å². The van der Waals surface area contributed by atoms with Crippen LogP contribution in [0.25, 0.3) is 0 Å². The number of hydrogen-bond acceptors (Lipinski definition) is 6.